The van der Waals surface area contributed by atoms with E-state index >= 15 is 0 Å². The molecule has 2 heterocycles. The maximum Gasteiger partial charge on any atom is 0.272 e. The van der Waals surface area contributed by atoms with E-state index in [0.29, 0.717) is 40.2 Å². The minimum Gasteiger partial charge on any atom is -0.306 e. The van der Waals surface area contributed by atoms with Gasteiger partial charge in [0.25, 0.3) is 11.6 Å². The number of hydrogen-bond acceptors (Lipinski definition) is 5. The van der Waals surface area contributed by atoms with Gasteiger partial charge in [-0.2, -0.15) is 9.78 Å². The number of benzene rings is 3. The Kier molecular flexibility index (Phi) is 5.99. The number of nitrogens with zero attached hydrogens (tertiary/aromatic N) is 5. The van der Waals surface area contributed by atoms with Crippen LogP contribution in [0.5, 0.6) is 0 Å². The molecule has 0 spiro atoms. The Morgan fingerprint density at radius 1 is 1.06 bits per heavy atom. The molecule has 10 heteroatoms. The lowest BCUT2D eigenvalue weighted by molar-refractivity contribution is -0.385. The van der Waals surface area contributed by atoms with E-state index in [4.69, 9.17) is 16.6 Å². The van der Waals surface area contributed by atoms with Crippen LogP contribution in [0.2, 0.25) is 5.02 Å². The molecule has 180 valence electrons. The first kappa shape index (κ1) is 23.3. The second-order valence-electron chi connectivity index (χ2n) is 8.37. The smallest absolute Gasteiger partial charge is 0.272 e. The number of imidazole rings is 1. The SMILES string of the molecule is Cc1cc(NC(=O)c2ccc([N+](=O)[O-])c(C)c2)n(-c2nc3ccccc3n2Cc2ccccc2Cl)n1. The average Bonchev–Trinajstić information content (AvgIpc) is 3.39. The Morgan fingerprint density at radius 3 is 2.56 bits per heavy atom. The second-order valence-corrected chi connectivity index (χ2v) is 8.78. The largest absolute Gasteiger partial charge is 0.306 e. The van der Waals surface area contributed by atoms with Crippen LogP contribution in [0.3, 0.4) is 0 Å². The third-order valence-electron chi connectivity index (χ3n) is 5.84. The molecule has 1 N–H and O–H groups in total. The van der Waals surface area contributed by atoms with Crippen LogP contribution < -0.4 is 5.32 Å². The lowest BCUT2D eigenvalue weighted by Gasteiger charge is -2.13. The Morgan fingerprint density at radius 2 is 1.81 bits per heavy atom. The number of carbonyl (C=O) groups is 1. The first-order chi connectivity index (χ1) is 17.3. The number of amides is 1. The zero-order valence-corrected chi connectivity index (χ0v) is 20.2. The highest BCUT2D eigenvalue weighted by Gasteiger charge is 2.20. The number of nitro groups is 1. The summed E-state index contributed by atoms with van der Waals surface area (Å²) < 4.78 is 3.58. The van der Waals surface area contributed by atoms with E-state index < -0.39 is 10.8 Å². The molecule has 0 atom stereocenters. The normalized spacial score (nSPS) is 11.1. The minimum atomic E-state index is -0.473. The summed E-state index contributed by atoms with van der Waals surface area (Å²) in [7, 11) is 0. The number of para-hydroxylation sites is 2. The van der Waals surface area contributed by atoms with Gasteiger partial charge < -0.3 is 9.88 Å². The Labute approximate surface area is 211 Å². The summed E-state index contributed by atoms with van der Waals surface area (Å²) in [5.74, 6) is 0.520. The van der Waals surface area contributed by atoms with Crippen LogP contribution in [0.15, 0.2) is 72.8 Å². The molecule has 0 aliphatic carbocycles. The van der Waals surface area contributed by atoms with Gasteiger partial charge in [0, 0.05) is 28.3 Å². The lowest BCUT2D eigenvalue weighted by Crippen LogP contribution is -2.17. The number of hydrogen-bond donors (Lipinski definition) is 1. The fourth-order valence-electron chi connectivity index (χ4n) is 4.11. The molecule has 2 aromatic heterocycles. The van der Waals surface area contributed by atoms with Gasteiger partial charge >= 0.3 is 0 Å². The van der Waals surface area contributed by atoms with Crippen LogP contribution >= 0.6 is 11.6 Å². The second kappa shape index (κ2) is 9.27. The molecular formula is C26H21ClN6O3. The zero-order valence-electron chi connectivity index (χ0n) is 19.5. The molecule has 5 rings (SSSR count). The van der Waals surface area contributed by atoms with Crippen molar-refractivity contribution in [3.8, 4) is 5.95 Å². The molecule has 0 fully saturated rings. The summed E-state index contributed by atoms with van der Waals surface area (Å²) in [6, 6.07) is 21.3. The maximum atomic E-state index is 13.1. The van der Waals surface area contributed by atoms with Gasteiger partial charge in [-0.25, -0.2) is 4.98 Å². The van der Waals surface area contributed by atoms with Crippen LogP contribution in [0.1, 0.15) is 27.2 Å². The van der Waals surface area contributed by atoms with Crippen LogP contribution in [-0.4, -0.2) is 30.2 Å². The van der Waals surface area contributed by atoms with Crippen LogP contribution in [0.4, 0.5) is 11.5 Å². The summed E-state index contributed by atoms with van der Waals surface area (Å²) in [5, 5.41) is 19.3. The van der Waals surface area contributed by atoms with E-state index in [1.807, 2.05) is 60.0 Å². The highest BCUT2D eigenvalue weighted by molar-refractivity contribution is 6.31. The van der Waals surface area contributed by atoms with Gasteiger partial charge in [-0.3, -0.25) is 14.9 Å². The predicted molar refractivity (Wildman–Crippen MR) is 138 cm³/mol. The minimum absolute atomic E-state index is 0.0410. The summed E-state index contributed by atoms with van der Waals surface area (Å²) in [6.07, 6.45) is 0. The monoisotopic (exact) mass is 500 g/mol. The van der Waals surface area contributed by atoms with Gasteiger partial charge in [0.05, 0.1) is 28.2 Å². The summed E-state index contributed by atoms with van der Waals surface area (Å²) in [5.41, 5.74) is 3.92. The number of halogens is 1. The number of aromatic nitrogens is 4. The average molecular weight is 501 g/mol. The Bertz CT molecular complexity index is 1640. The predicted octanol–water partition coefficient (Wildman–Crippen LogP) is 5.70. The Balaban J connectivity index is 1.56. The van der Waals surface area contributed by atoms with Crippen molar-refractivity contribution < 1.29 is 9.72 Å². The fraction of sp³-hybridized carbons (Fsp3) is 0.115. The van der Waals surface area contributed by atoms with E-state index in [1.165, 1.54) is 18.2 Å². The number of nitrogens with one attached hydrogen (secondary N) is 1. The van der Waals surface area contributed by atoms with E-state index in [-0.39, 0.29) is 5.69 Å². The molecule has 0 saturated heterocycles. The van der Waals surface area contributed by atoms with Gasteiger partial charge in [0.2, 0.25) is 5.95 Å². The number of nitro benzene ring substituents is 1. The van der Waals surface area contributed by atoms with Crippen LogP contribution in [0.25, 0.3) is 17.0 Å². The van der Waals surface area contributed by atoms with Crippen LogP contribution in [0, 0.1) is 24.0 Å². The van der Waals surface area contributed by atoms with Gasteiger partial charge in [-0.05, 0) is 49.7 Å². The van der Waals surface area contributed by atoms with Crippen molar-refractivity contribution in [2.45, 2.75) is 20.4 Å². The maximum absolute atomic E-state index is 13.1. The molecule has 1 amide bonds. The first-order valence-electron chi connectivity index (χ1n) is 11.1. The quantitative estimate of drug-likeness (QED) is 0.237. The molecule has 5 aromatic rings. The molecule has 3 aromatic carbocycles. The summed E-state index contributed by atoms with van der Waals surface area (Å²) in [6.45, 7) is 3.87. The number of rotatable bonds is 6. The number of aryl methyl sites for hydroxylation is 2. The summed E-state index contributed by atoms with van der Waals surface area (Å²) >= 11 is 6.45. The molecule has 0 aliphatic rings. The highest BCUT2D eigenvalue weighted by Crippen LogP contribution is 2.26. The number of anilines is 1. The highest BCUT2D eigenvalue weighted by atomic mass is 35.5. The molecule has 0 saturated carbocycles. The van der Waals surface area contributed by atoms with Crippen molar-refractivity contribution in [3.63, 3.8) is 0 Å². The van der Waals surface area contributed by atoms with Crippen molar-refractivity contribution in [1.82, 2.24) is 19.3 Å². The third-order valence-corrected chi connectivity index (χ3v) is 6.21. The summed E-state index contributed by atoms with van der Waals surface area (Å²) in [4.78, 5) is 28.5. The van der Waals surface area contributed by atoms with Crippen LogP contribution in [-0.2, 0) is 6.54 Å². The van der Waals surface area contributed by atoms with Crippen molar-refractivity contribution in [1.29, 1.82) is 0 Å². The van der Waals surface area contributed by atoms with Gasteiger partial charge in [0.1, 0.15) is 5.82 Å². The van der Waals surface area contributed by atoms with Gasteiger partial charge in [-0.1, -0.05) is 41.9 Å². The van der Waals surface area contributed by atoms with E-state index in [2.05, 4.69) is 10.4 Å². The Hall–Kier alpha value is -4.50. The van der Waals surface area contributed by atoms with Crippen molar-refractivity contribution >= 4 is 40.0 Å². The van der Waals surface area contributed by atoms with E-state index in [0.717, 1.165) is 16.6 Å². The molecule has 0 radical (unpaired) electrons. The standard InChI is InChI=1S/C26H21ClN6O3/c1-16-13-18(11-12-22(16)33(35)36)25(34)29-24-14-17(2)30-32(24)26-28-21-9-5-6-10-23(21)31(26)15-19-7-3-4-8-20(19)27/h3-14H,15H2,1-2H3,(H,29,34). The van der Waals surface area contributed by atoms with E-state index in [1.54, 1.807) is 17.7 Å². The molecule has 9 nitrogen and oxygen atoms in total. The molecule has 0 aliphatic heterocycles. The molecule has 0 bridgehead atoms. The lowest BCUT2D eigenvalue weighted by atomic mass is 10.1. The van der Waals surface area contributed by atoms with Crippen molar-refractivity contribution in [2.75, 3.05) is 5.32 Å². The fourth-order valence-corrected chi connectivity index (χ4v) is 4.30. The first-order valence-corrected chi connectivity index (χ1v) is 11.5. The topological polar surface area (TPSA) is 108 Å². The number of fused-ring (bicyclic) bond motifs is 1. The van der Waals surface area contributed by atoms with Crippen molar-refractivity contribution in [2.24, 2.45) is 0 Å². The van der Waals surface area contributed by atoms with Crippen molar-refractivity contribution in [3.05, 3.63) is 110 Å². The number of carbonyl (C=O) groups excluding carboxylic acids is 1. The van der Waals surface area contributed by atoms with Gasteiger partial charge in [0.15, 0.2) is 0 Å². The third kappa shape index (κ3) is 4.32. The zero-order chi connectivity index (χ0) is 25.4. The molecule has 36 heavy (non-hydrogen) atoms. The molecular weight excluding hydrogens is 480 g/mol. The van der Waals surface area contributed by atoms with E-state index in [9.17, 15) is 14.9 Å². The van der Waals surface area contributed by atoms with Gasteiger partial charge in [-0.15, -0.1) is 0 Å². The molecule has 0 unspecified atom stereocenters.